The smallest absolute Gasteiger partial charge is 0.172 e. The molecule has 2 nitrogen and oxygen atoms in total. The number of nitrogens with one attached hydrogen (secondary N) is 2. The van der Waals surface area contributed by atoms with Crippen molar-refractivity contribution in [3.63, 3.8) is 0 Å². The van der Waals surface area contributed by atoms with Gasteiger partial charge in [0.2, 0.25) is 5.69 Å². The summed E-state index contributed by atoms with van der Waals surface area (Å²) < 4.78 is 0. The van der Waals surface area contributed by atoms with Crippen molar-refractivity contribution in [2.45, 2.75) is 13.8 Å². The number of hydrogen-bond acceptors (Lipinski definition) is 0. The molecule has 0 aliphatic carbocycles. The van der Waals surface area contributed by atoms with Gasteiger partial charge in [0.1, 0.15) is 0 Å². The molecule has 0 radical (unpaired) electrons. The van der Waals surface area contributed by atoms with Gasteiger partial charge in [0, 0.05) is 13.0 Å². The third-order valence-corrected chi connectivity index (χ3v) is 0.890. The molecule has 1 heterocycles. The van der Waals surface area contributed by atoms with Crippen LogP contribution in [0, 0.1) is 13.8 Å². The summed E-state index contributed by atoms with van der Waals surface area (Å²) in [6.45, 7) is 4.03. The van der Waals surface area contributed by atoms with Gasteiger partial charge in [0.25, 0.3) is 0 Å². The van der Waals surface area contributed by atoms with Crippen LogP contribution < -0.4 is 5.10 Å². The highest BCUT2D eigenvalue weighted by molar-refractivity contribution is 4.97. The fraction of sp³-hybridized carbons (Fsp3) is 0.400. The highest BCUT2D eigenvalue weighted by Crippen LogP contribution is 1.87. The van der Waals surface area contributed by atoms with E-state index in [-0.39, 0.29) is 0 Å². The number of H-pyrrole nitrogens is 2. The summed E-state index contributed by atoms with van der Waals surface area (Å²) in [5.41, 5.74) is 2.36. The molecule has 2 heteroatoms. The van der Waals surface area contributed by atoms with Gasteiger partial charge in [0.05, 0.1) is 5.69 Å². The molecule has 0 atom stereocenters. The van der Waals surface area contributed by atoms with Crippen LogP contribution in [0.5, 0.6) is 0 Å². The third kappa shape index (κ3) is 0.796. The Morgan fingerprint density at radius 2 is 2.29 bits per heavy atom. The number of aromatic amines is 2. The molecule has 0 aliphatic rings. The maximum Gasteiger partial charge on any atom is 0.202 e. The maximum absolute atomic E-state index is 2.94. The van der Waals surface area contributed by atoms with Crippen molar-refractivity contribution in [3.05, 3.63) is 17.5 Å². The van der Waals surface area contributed by atoms with E-state index in [0.717, 1.165) is 0 Å². The summed E-state index contributed by atoms with van der Waals surface area (Å²) in [5.74, 6) is 0. The molecule has 38 valence electrons. The standard InChI is InChI=1S/C5H8N2/c1-4-3-5(2)7-6-4/h3H,1-2H3,(H,6,7)/p+1. The van der Waals surface area contributed by atoms with E-state index in [9.17, 15) is 0 Å². The third-order valence-electron chi connectivity index (χ3n) is 0.890. The molecule has 0 fully saturated rings. The van der Waals surface area contributed by atoms with Crippen molar-refractivity contribution in [2.75, 3.05) is 0 Å². The zero-order valence-electron chi connectivity index (χ0n) is 4.58. The van der Waals surface area contributed by atoms with Crippen LogP contribution in [0.3, 0.4) is 0 Å². The minimum absolute atomic E-state index is 1.18. The van der Waals surface area contributed by atoms with Crippen molar-refractivity contribution in [1.82, 2.24) is 5.10 Å². The minimum Gasteiger partial charge on any atom is -0.172 e. The van der Waals surface area contributed by atoms with Gasteiger partial charge in [-0.3, -0.25) is 0 Å². The fourth-order valence-electron chi connectivity index (χ4n) is 0.594. The number of aryl methyl sites for hydroxylation is 2. The topological polar surface area (TPSA) is 29.9 Å². The molecular formula is C5H9N2+. The molecule has 1 rings (SSSR count). The van der Waals surface area contributed by atoms with E-state index in [1.165, 1.54) is 11.4 Å². The van der Waals surface area contributed by atoms with Gasteiger partial charge in [0.15, 0.2) is 0 Å². The first-order chi connectivity index (χ1) is 3.29. The van der Waals surface area contributed by atoms with E-state index in [1.54, 1.807) is 0 Å². The number of rotatable bonds is 0. The lowest BCUT2D eigenvalue weighted by atomic mass is 10.4. The normalized spacial score (nSPS) is 9.43. The largest absolute Gasteiger partial charge is 0.202 e. The Hall–Kier alpha value is -0.790. The first kappa shape index (κ1) is 4.37. The van der Waals surface area contributed by atoms with E-state index in [2.05, 4.69) is 16.3 Å². The zero-order chi connectivity index (χ0) is 5.28. The Labute approximate surface area is 42.6 Å². The Kier molecular flexibility index (Phi) is 0.855. The van der Waals surface area contributed by atoms with Gasteiger partial charge < -0.3 is 0 Å². The number of hydrogen-bond donors (Lipinski definition) is 1. The molecule has 7 heavy (non-hydrogen) atoms. The predicted octanol–water partition coefficient (Wildman–Crippen LogP) is 0.446. The van der Waals surface area contributed by atoms with E-state index < -0.39 is 0 Å². The van der Waals surface area contributed by atoms with Gasteiger partial charge in [-0.15, -0.1) is 5.10 Å². The molecule has 1 aromatic rings. The van der Waals surface area contributed by atoms with Gasteiger partial charge in [-0.1, -0.05) is 0 Å². The lowest BCUT2D eigenvalue weighted by Crippen LogP contribution is -2.03. The van der Waals surface area contributed by atoms with Crippen molar-refractivity contribution < 1.29 is 5.10 Å². The summed E-state index contributed by atoms with van der Waals surface area (Å²) in [5, 5.41) is 5.89. The van der Waals surface area contributed by atoms with Gasteiger partial charge in [-0.2, -0.15) is 5.10 Å². The first-order valence-electron chi connectivity index (χ1n) is 2.33. The average molecular weight is 97.1 g/mol. The van der Waals surface area contributed by atoms with Crippen LogP contribution in [0.2, 0.25) is 0 Å². The maximum atomic E-state index is 2.94. The molecule has 0 saturated carbocycles. The summed E-state index contributed by atoms with van der Waals surface area (Å²) in [6.07, 6.45) is 0. The second kappa shape index (κ2) is 1.37. The molecule has 2 N–H and O–H groups in total. The second-order valence-electron chi connectivity index (χ2n) is 1.76. The summed E-state index contributed by atoms with van der Waals surface area (Å²) in [7, 11) is 0. The molecule has 0 unspecified atom stereocenters. The predicted molar refractivity (Wildman–Crippen MR) is 26.8 cm³/mol. The van der Waals surface area contributed by atoms with Crippen LogP contribution in [0.1, 0.15) is 11.4 Å². The van der Waals surface area contributed by atoms with Crippen LogP contribution in [0.25, 0.3) is 0 Å². The lowest BCUT2D eigenvalue weighted by Gasteiger charge is -1.62. The molecule has 0 bridgehead atoms. The highest BCUT2D eigenvalue weighted by Gasteiger charge is 1.92. The number of aromatic nitrogens is 2. The Morgan fingerprint density at radius 1 is 1.57 bits per heavy atom. The van der Waals surface area contributed by atoms with E-state index in [1.807, 2.05) is 13.8 Å². The van der Waals surface area contributed by atoms with E-state index in [4.69, 9.17) is 0 Å². The monoisotopic (exact) mass is 97.1 g/mol. The first-order valence-corrected chi connectivity index (χ1v) is 2.33. The summed E-state index contributed by atoms with van der Waals surface area (Å²) >= 11 is 0. The van der Waals surface area contributed by atoms with Crippen molar-refractivity contribution in [2.24, 2.45) is 0 Å². The SMILES string of the molecule is Cc1cc(C)[nH+][nH]1. The Balaban J connectivity index is 3.04. The lowest BCUT2D eigenvalue weighted by molar-refractivity contribution is -0.457. The minimum atomic E-state index is 1.18. The van der Waals surface area contributed by atoms with Crippen molar-refractivity contribution in [3.8, 4) is 0 Å². The molecular weight excluding hydrogens is 88.1 g/mol. The van der Waals surface area contributed by atoms with E-state index >= 15 is 0 Å². The van der Waals surface area contributed by atoms with Crippen molar-refractivity contribution in [1.29, 1.82) is 0 Å². The molecule has 0 aliphatic heterocycles. The zero-order valence-corrected chi connectivity index (χ0v) is 4.58. The van der Waals surface area contributed by atoms with Crippen LogP contribution in [-0.2, 0) is 0 Å². The van der Waals surface area contributed by atoms with Gasteiger partial charge in [-0.25, -0.2) is 0 Å². The molecule has 1 aromatic heterocycles. The molecule has 0 amide bonds. The summed E-state index contributed by atoms with van der Waals surface area (Å²) in [6, 6.07) is 2.06. The quantitative estimate of drug-likeness (QED) is 0.487. The molecule has 0 spiro atoms. The van der Waals surface area contributed by atoms with Crippen molar-refractivity contribution >= 4 is 0 Å². The highest BCUT2D eigenvalue weighted by atomic mass is 15.1. The summed E-state index contributed by atoms with van der Waals surface area (Å²) in [4.78, 5) is 0. The van der Waals surface area contributed by atoms with Crippen LogP contribution in [0.15, 0.2) is 6.07 Å². The second-order valence-corrected chi connectivity index (χ2v) is 1.76. The van der Waals surface area contributed by atoms with Gasteiger partial charge >= 0.3 is 0 Å². The van der Waals surface area contributed by atoms with Crippen LogP contribution in [-0.4, -0.2) is 5.10 Å². The Bertz CT molecular complexity index is 138. The molecule has 0 aromatic carbocycles. The Morgan fingerprint density at radius 3 is 2.43 bits per heavy atom. The fourth-order valence-corrected chi connectivity index (χ4v) is 0.594. The van der Waals surface area contributed by atoms with Gasteiger partial charge in [-0.05, 0) is 6.92 Å². The average Bonchev–Trinajstić information content (AvgIpc) is 1.87. The van der Waals surface area contributed by atoms with Crippen LogP contribution >= 0.6 is 0 Å². The van der Waals surface area contributed by atoms with E-state index in [0.29, 0.717) is 0 Å². The molecule has 0 saturated heterocycles. The van der Waals surface area contributed by atoms with Crippen LogP contribution in [0.4, 0.5) is 0 Å².